The predicted octanol–water partition coefficient (Wildman–Crippen LogP) is 2.86. The topological polar surface area (TPSA) is 59.1 Å². The molecule has 0 unspecified atom stereocenters. The van der Waals surface area contributed by atoms with Crippen molar-refractivity contribution in [2.75, 3.05) is 0 Å². The minimum absolute atomic E-state index is 0.00780. The Morgan fingerprint density at radius 1 is 1.41 bits per heavy atom. The van der Waals surface area contributed by atoms with E-state index < -0.39 is 15.6 Å². The zero-order chi connectivity index (χ0) is 13.3. The second kappa shape index (κ2) is 5.10. The van der Waals surface area contributed by atoms with Crippen molar-refractivity contribution in [2.45, 2.75) is 37.6 Å². The van der Waals surface area contributed by atoms with Crippen LogP contribution in [0.5, 0.6) is 0 Å². The Kier molecular flexibility index (Phi) is 4.41. The number of halogens is 2. The molecule has 4 nitrogen and oxygen atoms in total. The molecule has 0 aliphatic heterocycles. The van der Waals surface area contributed by atoms with Crippen LogP contribution >= 0.6 is 23.2 Å². The quantitative estimate of drug-likeness (QED) is 0.869. The molecule has 1 rings (SSSR count). The molecule has 0 amide bonds. The summed E-state index contributed by atoms with van der Waals surface area (Å²) in [4.78, 5) is 3.72. The smallest absolute Gasteiger partial charge is 0.242 e. The highest BCUT2D eigenvalue weighted by Gasteiger charge is 2.25. The number of nitrogens with one attached hydrogen (secondary N) is 1. The van der Waals surface area contributed by atoms with Gasteiger partial charge in [-0.1, -0.05) is 30.1 Å². The summed E-state index contributed by atoms with van der Waals surface area (Å²) >= 11 is 11.4. The first kappa shape index (κ1) is 14.7. The van der Waals surface area contributed by atoms with Gasteiger partial charge < -0.3 is 0 Å². The van der Waals surface area contributed by atoms with Crippen LogP contribution in [-0.2, 0) is 10.0 Å². The second-order valence-electron chi connectivity index (χ2n) is 4.29. The monoisotopic (exact) mass is 296 g/mol. The molecule has 1 N–H and O–H groups in total. The molecule has 0 saturated carbocycles. The molecule has 1 heterocycles. The van der Waals surface area contributed by atoms with E-state index in [1.807, 2.05) is 6.92 Å². The van der Waals surface area contributed by atoms with Gasteiger partial charge in [0.05, 0.1) is 5.02 Å². The van der Waals surface area contributed by atoms with Gasteiger partial charge in [0.25, 0.3) is 0 Å². The van der Waals surface area contributed by atoms with Gasteiger partial charge in [-0.25, -0.2) is 18.1 Å². The van der Waals surface area contributed by atoms with Crippen LogP contribution in [-0.4, -0.2) is 18.9 Å². The lowest BCUT2D eigenvalue weighted by Crippen LogP contribution is -2.42. The van der Waals surface area contributed by atoms with Gasteiger partial charge in [-0.05, 0) is 26.3 Å². The minimum Gasteiger partial charge on any atom is -0.242 e. The van der Waals surface area contributed by atoms with E-state index in [2.05, 4.69) is 9.71 Å². The molecule has 0 aliphatic rings. The van der Waals surface area contributed by atoms with Gasteiger partial charge in [0.2, 0.25) is 10.0 Å². The molecule has 7 heteroatoms. The molecule has 0 radical (unpaired) electrons. The van der Waals surface area contributed by atoms with Crippen LogP contribution in [0.1, 0.15) is 27.2 Å². The zero-order valence-corrected chi connectivity index (χ0v) is 12.1. The Labute approximate surface area is 111 Å². The maximum atomic E-state index is 12.0. The van der Waals surface area contributed by atoms with Gasteiger partial charge in [0, 0.05) is 11.7 Å². The number of aromatic nitrogens is 1. The SMILES string of the molecule is CCC(C)(C)NS(=O)(=O)c1cnc(Cl)c(Cl)c1. The largest absolute Gasteiger partial charge is 0.242 e. The lowest BCUT2D eigenvalue weighted by atomic mass is 10.0. The van der Waals surface area contributed by atoms with Crippen LogP contribution in [0.15, 0.2) is 17.2 Å². The van der Waals surface area contributed by atoms with Crippen molar-refractivity contribution >= 4 is 33.2 Å². The van der Waals surface area contributed by atoms with Crippen LogP contribution in [0, 0.1) is 0 Å². The van der Waals surface area contributed by atoms with Gasteiger partial charge >= 0.3 is 0 Å². The zero-order valence-electron chi connectivity index (χ0n) is 9.79. The Morgan fingerprint density at radius 2 is 2.00 bits per heavy atom. The number of nitrogens with zero attached hydrogens (tertiary/aromatic N) is 1. The first-order valence-corrected chi connectivity index (χ1v) is 7.27. The van der Waals surface area contributed by atoms with Gasteiger partial charge in [0.15, 0.2) is 0 Å². The fourth-order valence-corrected chi connectivity index (χ4v) is 2.83. The Bertz CT molecular complexity index is 515. The number of hydrogen-bond acceptors (Lipinski definition) is 3. The molecular weight excluding hydrogens is 283 g/mol. The van der Waals surface area contributed by atoms with E-state index in [-0.39, 0.29) is 15.1 Å². The van der Waals surface area contributed by atoms with Crippen LogP contribution < -0.4 is 4.72 Å². The van der Waals surface area contributed by atoms with Crippen LogP contribution in [0.3, 0.4) is 0 Å². The van der Waals surface area contributed by atoms with Gasteiger partial charge in [-0.2, -0.15) is 0 Å². The van der Waals surface area contributed by atoms with Crippen LogP contribution in [0.2, 0.25) is 10.2 Å². The van der Waals surface area contributed by atoms with E-state index >= 15 is 0 Å². The molecule has 0 fully saturated rings. The molecule has 0 aliphatic carbocycles. The highest BCUT2D eigenvalue weighted by molar-refractivity contribution is 7.89. The fourth-order valence-electron chi connectivity index (χ4n) is 1.05. The molecule has 0 aromatic carbocycles. The summed E-state index contributed by atoms with van der Waals surface area (Å²) in [5.41, 5.74) is -0.523. The van der Waals surface area contributed by atoms with Crippen molar-refractivity contribution in [1.29, 1.82) is 0 Å². The van der Waals surface area contributed by atoms with E-state index in [4.69, 9.17) is 23.2 Å². The molecule has 17 heavy (non-hydrogen) atoms. The number of rotatable bonds is 4. The van der Waals surface area contributed by atoms with Gasteiger partial charge in [-0.3, -0.25) is 0 Å². The van der Waals surface area contributed by atoms with Crippen molar-refractivity contribution in [1.82, 2.24) is 9.71 Å². The Balaban J connectivity index is 3.10. The molecule has 0 spiro atoms. The maximum absolute atomic E-state index is 12.0. The minimum atomic E-state index is -3.62. The summed E-state index contributed by atoms with van der Waals surface area (Å²) in [7, 11) is -3.62. The van der Waals surface area contributed by atoms with E-state index in [1.54, 1.807) is 13.8 Å². The number of pyridine rings is 1. The van der Waals surface area contributed by atoms with E-state index in [0.717, 1.165) is 0 Å². The Hall–Kier alpha value is -0.360. The summed E-state index contributed by atoms with van der Waals surface area (Å²) in [5, 5.41) is 0.198. The molecular formula is C10H14Cl2N2O2S. The molecule has 1 aromatic heterocycles. The summed E-state index contributed by atoms with van der Waals surface area (Å²) in [5.74, 6) is 0. The normalized spacial score (nSPS) is 12.8. The maximum Gasteiger partial charge on any atom is 0.242 e. The number of sulfonamides is 1. The third-order valence-corrected chi connectivity index (χ3v) is 4.73. The van der Waals surface area contributed by atoms with Crippen molar-refractivity contribution in [3.63, 3.8) is 0 Å². The third-order valence-electron chi connectivity index (χ3n) is 2.38. The molecule has 1 aromatic rings. The molecule has 96 valence electrons. The molecule has 0 bridgehead atoms. The third kappa shape index (κ3) is 3.81. The standard InChI is InChI=1S/C10H14Cl2N2O2S/c1-4-10(2,3)14-17(15,16)7-5-8(11)9(12)13-6-7/h5-6,14H,4H2,1-3H3. The number of hydrogen-bond donors (Lipinski definition) is 1. The van der Waals surface area contributed by atoms with E-state index in [0.29, 0.717) is 6.42 Å². The van der Waals surface area contributed by atoms with Crippen molar-refractivity contribution in [3.8, 4) is 0 Å². The first-order valence-electron chi connectivity index (χ1n) is 5.03. The molecule has 0 saturated heterocycles. The average molecular weight is 297 g/mol. The summed E-state index contributed by atoms with van der Waals surface area (Å²) in [6, 6.07) is 1.28. The average Bonchev–Trinajstić information content (AvgIpc) is 2.20. The summed E-state index contributed by atoms with van der Waals surface area (Å²) < 4.78 is 26.6. The summed E-state index contributed by atoms with van der Waals surface area (Å²) in [6.07, 6.45) is 1.85. The van der Waals surface area contributed by atoms with Crippen molar-refractivity contribution < 1.29 is 8.42 Å². The highest BCUT2D eigenvalue weighted by Crippen LogP contribution is 2.23. The van der Waals surface area contributed by atoms with Gasteiger partial charge in [0.1, 0.15) is 10.0 Å². The Morgan fingerprint density at radius 3 is 2.47 bits per heavy atom. The van der Waals surface area contributed by atoms with Crippen LogP contribution in [0.4, 0.5) is 0 Å². The lowest BCUT2D eigenvalue weighted by molar-refractivity contribution is 0.439. The predicted molar refractivity (Wildman–Crippen MR) is 68.9 cm³/mol. The van der Waals surface area contributed by atoms with Crippen LogP contribution in [0.25, 0.3) is 0 Å². The first-order chi connectivity index (χ1) is 7.68. The van der Waals surface area contributed by atoms with E-state index in [9.17, 15) is 8.42 Å². The lowest BCUT2D eigenvalue weighted by Gasteiger charge is -2.24. The molecule has 0 atom stereocenters. The fraction of sp³-hybridized carbons (Fsp3) is 0.500. The van der Waals surface area contributed by atoms with E-state index in [1.165, 1.54) is 12.3 Å². The van der Waals surface area contributed by atoms with Gasteiger partial charge in [-0.15, -0.1) is 0 Å². The highest BCUT2D eigenvalue weighted by atomic mass is 35.5. The summed E-state index contributed by atoms with van der Waals surface area (Å²) in [6.45, 7) is 5.50. The van der Waals surface area contributed by atoms with Crippen molar-refractivity contribution in [2.24, 2.45) is 0 Å². The van der Waals surface area contributed by atoms with Crippen molar-refractivity contribution in [3.05, 3.63) is 22.4 Å². The second-order valence-corrected chi connectivity index (χ2v) is 6.73.